The number of nitro benzene ring substituents is 1. The van der Waals surface area contributed by atoms with Crippen LogP contribution in [0.2, 0.25) is 0 Å². The topological polar surface area (TPSA) is 62.2 Å². The highest BCUT2D eigenvalue weighted by molar-refractivity contribution is 5.90. The summed E-state index contributed by atoms with van der Waals surface area (Å²) in [6.45, 7) is 6.67. The Balaban J connectivity index is 1.89. The Labute approximate surface area is 124 Å². The molecule has 1 saturated heterocycles. The van der Waals surface area contributed by atoms with Gasteiger partial charge in [-0.2, -0.15) is 0 Å². The number of H-pyrrole nitrogens is 1. The van der Waals surface area contributed by atoms with Crippen molar-refractivity contribution >= 4 is 16.6 Å². The lowest BCUT2D eigenvalue weighted by Crippen LogP contribution is -2.37. The van der Waals surface area contributed by atoms with E-state index in [1.165, 1.54) is 5.56 Å². The van der Waals surface area contributed by atoms with Crippen molar-refractivity contribution in [1.29, 1.82) is 0 Å². The molecular weight excluding hydrogens is 266 g/mol. The molecule has 2 heterocycles. The van der Waals surface area contributed by atoms with E-state index in [2.05, 4.69) is 23.7 Å². The van der Waals surface area contributed by atoms with E-state index in [1.54, 1.807) is 12.1 Å². The second-order valence-corrected chi connectivity index (χ2v) is 6.10. The number of hydrogen-bond acceptors (Lipinski definition) is 3. The summed E-state index contributed by atoms with van der Waals surface area (Å²) in [5.74, 6) is 0.496. The summed E-state index contributed by atoms with van der Waals surface area (Å²) < 4.78 is 0. The molecule has 112 valence electrons. The average Bonchev–Trinajstić information content (AvgIpc) is 2.90. The summed E-state index contributed by atoms with van der Waals surface area (Å²) in [5, 5.41) is 12.1. The first kappa shape index (κ1) is 14.1. The average molecular weight is 287 g/mol. The van der Waals surface area contributed by atoms with E-state index >= 15 is 0 Å². The number of nitrogens with one attached hydrogen (secondary N) is 1. The zero-order valence-electron chi connectivity index (χ0n) is 12.5. The highest BCUT2D eigenvalue weighted by Crippen LogP contribution is 2.36. The van der Waals surface area contributed by atoms with E-state index in [0.29, 0.717) is 17.5 Å². The smallest absolute Gasteiger partial charge is 0.293 e. The van der Waals surface area contributed by atoms with Gasteiger partial charge in [0.1, 0.15) is 5.52 Å². The zero-order chi connectivity index (χ0) is 15.0. The molecule has 1 aliphatic heterocycles. The monoisotopic (exact) mass is 287 g/mol. The fraction of sp³-hybridized carbons (Fsp3) is 0.500. The Bertz CT molecular complexity index is 655. The van der Waals surface area contributed by atoms with Crippen molar-refractivity contribution in [2.75, 3.05) is 13.1 Å². The molecule has 5 nitrogen and oxygen atoms in total. The fourth-order valence-corrected chi connectivity index (χ4v) is 3.38. The van der Waals surface area contributed by atoms with E-state index in [1.807, 2.05) is 12.3 Å². The molecule has 0 aliphatic carbocycles. The summed E-state index contributed by atoms with van der Waals surface area (Å²) >= 11 is 0. The molecular formula is C16H21N3O2. The highest BCUT2D eigenvalue weighted by atomic mass is 16.6. The van der Waals surface area contributed by atoms with Crippen molar-refractivity contribution in [3.63, 3.8) is 0 Å². The molecule has 5 heteroatoms. The van der Waals surface area contributed by atoms with E-state index < -0.39 is 0 Å². The third-order valence-corrected chi connectivity index (χ3v) is 4.62. The fourth-order valence-electron chi connectivity index (χ4n) is 3.38. The van der Waals surface area contributed by atoms with Gasteiger partial charge in [0.15, 0.2) is 0 Å². The number of aromatic nitrogens is 1. The Morgan fingerprint density at radius 3 is 2.67 bits per heavy atom. The van der Waals surface area contributed by atoms with Crippen molar-refractivity contribution in [1.82, 2.24) is 9.88 Å². The van der Waals surface area contributed by atoms with Crippen LogP contribution in [0.1, 0.15) is 38.2 Å². The Kier molecular flexibility index (Phi) is 3.68. The lowest BCUT2D eigenvalue weighted by Gasteiger charge is -2.34. The largest absolute Gasteiger partial charge is 0.355 e. The van der Waals surface area contributed by atoms with Crippen molar-refractivity contribution in [3.05, 3.63) is 40.1 Å². The molecule has 0 atom stereocenters. The van der Waals surface area contributed by atoms with E-state index in [-0.39, 0.29) is 10.6 Å². The van der Waals surface area contributed by atoms with Gasteiger partial charge in [0.05, 0.1) is 4.92 Å². The van der Waals surface area contributed by atoms with Gasteiger partial charge in [-0.15, -0.1) is 0 Å². The molecule has 21 heavy (non-hydrogen) atoms. The molecule has 0 unspecified atom stereocenters. The van der Waals surface area contributed by atoms with Crippen LogP contribution in [0.5, 0.6) is 0 Å². The molecule has 1 aliphatic rings. The Morgan fingerprint density at radius 1 is 1.33 bits per heavy atom. The van der Waals surface area contributed by atoms with Crippen molar-refractivity contribution in [2.45, 2.75) is 38.6 Å². The quantitative estimate of drug-likeness (QED) is 0.692. The molecule has 0 amide bonds. The number of para-hydroxylation sites is 1. The Hall–Kier alpha value is -1.88. The lowest BCUT2D eigenvalue weighted by atomic mass is 9.88. The second-order valence-electron chi connectivity index (χ2n) is 6.10. The summed E-state index contributed by atoms with van der Waals surface area (Å²) in [6, 6.07) is 5.92. The van der Waals surface area contributed by atoms with Crippen LogP contribution in [0.25, 0.3) is 10.9 Å². The third kappa shape index (κ3) is 2.53. The highest BCUT2D eigenvalue weighted by Gasteiger charge is 2.25. The number of rotatable bonds is 3. The Morgan fingerprint density at radius 2 is 2.05 bits per heavy atom. The number of benzene rings is 1. The van der Waals surface area contributed by atoms with Gasteiger partial charge < -0.3 is 9.88 Å². The van der Waals surface area contributed by atoms with Crippen LogP contribution in [0.3, 0.4) is 0 Å². The van der Waals surface area contributed by atoms with Crippen molar-refractivity contribution in [2.24, 2.45) is 0 Å². The standard InChI is InChI=1S/C16H21N3O2/c1-11(2)18-8-6-12(7-9-18)14-10-17-16-13(14)4-3-5-15(16)19(20)21/h3-5,10-12,17H,6-9H2,1-2H3. The molecule has 0 radical (unpaired) electrons. The normalized spacial score (nSPS) is 17.7. The first-order chi connectivity index (χ1) is 10.1. The van der Waals surface area contributed by atoms with Crippen LogP contribution < -0.4 is 0 Å². The summed E-state index contributed by atoms with van der Waals surface area (Å²) in [7, 11) is 0. The molecule has 1 N–H and O–H groups in total. The van der Waals surface area contributed by atoms with Gasteiger partial charge in [0.2, 0.25) is 0 Å². The minimum atomic E-state index is -0.315. The number of nitrogens with zero attached hydrogens (tertiary/aromatic N) is 2. The molecule has 0 saturated carbocycles. The van der Waals surface area contributed by atoms with Gasteiger partial charge in [0, 0.05) is 23.7 Å². The molecule has 1 aromatic heterocycles. The predicted molar refractivity (Wildman–Crippen MR) is 83.6 cm³/mol. The lowest BCUT2D eigenvalue weighted by molar-refractivity contribution is -0.383. The van der Waals surface area contributed by atoms with Crippen LogP contribution in [0.15, 0.2) is 24.4 Å². The van der Waals surface area contributed by atoms with Crippen LogP contribution in [-0.2, 0) is 0 Å². The number of nitro groups is 1. The molecule has 0 bridgehead atoms. The van der Waals surface area contributed by atoms with Crippen molar-refractivity contribution < 1.29 is 4.92 Å². The maximum atomic E-state index is 11.1. The van der Waals surface area contributed by atoms with Gasteiger partial charge in [-0.1, -0.05) is 12.1 Å². The van der Waals surface area contributed by atoms with Crippen LogP contribution in [0, 0.1) is 10.1 Å². The molecule has 3 rings (SSSR count). The third-order valence-electron chi connectivity index (χ3n) is 4.62. The maximum absolute atomic E-state index is 11.1. The van der Waals surface area contributed by atoms with E-state index in [0.717, 1.165) is 31.3 Å². The first-order valence-corrected chi connectivity index (χ1v) is 7.56. The number of hydrogen-bond donors (Lipinski definition) is 1. The SMILES string of the molecule is CC(C)N1CCC(c2c[nH]c3c([N+](=O)[O-])cccc23)CC1. The van der Waals surface area contributed by atoms with E-state index in [9.17, 15) is 10.1 Å². The van der Waals surface area contributed by atoms with E-state index in [4.69, 9.17) is 0 Å². The van der Waals surface area contributed by atoms with Gasteiger partial charge in [-0.3, -0.25) is 10.1 Å². The molecule has 2 aromatic rings. The van der Waals surface area contributed by atoms with Crippen LogP contribution in [0.4, 0.5) is 5.69 Å². The number of aromatic amines is 1. The minimum Gasteiger partial charge on any atom is -0.355 e. The minimum absolute atomic E-state index is 0.165. The molecule has 1 fully saturated rings. The van der Waals surface area contributed by atoms with Crippen molar-refractivity contribution in [3.8, 4) is 0 Å². The summed E-state index contributed by atoms with van der Waals surface area (Å²) in [4.78, 5) is 16.4. The first-order valence-electron chi connectivity index (χ1n) is 7.56. The molecule has 1 aromatic carbocycles. The van der Waals surface area contributed by atoms with Gasteiger partial charge >= 0.3 is 0 Å². The van der Waals surface area contributed by atoms with Gasteiger partial charge in [-0.05, 0) is 51.3 Å². The zero-order valence-corrected chi connectivity index (χ0v) is 12.5. The number of piperidine rings is 1. The molecule has 0 spiro atoms. The number of non-ortho nitro benzene ring substituents is 1. The van der Waals surface area contributed by atoms with Crippen LogP contribution in [-0.4, -0.2) is 33.9 Å². The number of likely N-dealkylation sites (tertiary alicyclic amines) is 1. The van der Waals surface area contributed by atoms with Crippen LogP contribution >= 0.6 is 0 Å². The summed E-state index contributed by atoms with van der Waals surface area (Å²) in [5.41, 5.74) is 2.05. The number of fused-ring (bicyclic) bond motifs is 1. The van der Waals surface area contributed by atoms with Gasteiger partial charge in [-0.25, -0.2) is 0 Å². The predicted octanol–water partition coefficient (Wildman–Crippen LogP) is 3.66. The second kappa shape index (κ2) is 5.48. The maximum Gasteiger partial charge on any atom is 0.293 e. The van der Waals surface area contributed by atoms with Gasteiger partial charge in [0.25, 0.3) is 5.69 Å². The summed E-state index contributed by atoms with van der Waals surface area (Å²) in [6.07, 6.45) is 4.20.